The van der Waals surface area contributed by atoms with Crippen LogP contribution in [0.3, 0.4) is 0 Å². The first kappa shape index (κ1) is 11.4. The van der Waals surface area contributed by atoms with Gasteiger partial charge in [-0.05, 0) is 6.54 Å². The number of thiazole rings is 1. The predicted molar refractivity (Wildman–Crippen MR) is 48.8 cm³/mol. The fourth-order valence-corrected chi connectivity index (χ4v) is 1.12. The van der Waals surface area contributed by atoms with Crippen molar-refractivity contribution in [2.45, 2.75) is 6.92 Å². The van der Waals surface area contributed by atoms with Crippen molar-refractivity contribution in [1.82, 2.24) is 4.98 Å². The molecule has 0 spiro atoms. The van der Waals surface area contributed by atoms with Crippen molar-refractivity contribution in [2.75, 3.05) is 6.54 Å². The van der Waals surface area contributed by atoms with Crippen molar-refractivity contribution in [3.63, 3.8) is 0 Å². The molecule has 1 aromatic rings. The Balaban J connectivity index is 0.000000354. The van der Waals surface area contributed by atoms with Gasteiger partial charge < -0.3 is 10.8 Å². The molecule has 0 atom stereocenters. The van der Waals surface area contributed by atoms with E-state index >= 15 is 0 Å². The topological polar surface area (TPSA) is 76.2 Å². The van der Waals surface area contributed by atoms with Gasteiger partial charge in [0.1, 0.15) is 4.34 Å². The van der Waals surface area contributed by atoms with Gasteiger partial charge in [0, 0.05) is 0 Å². The first-order valence-electron chi connectivity index (χ1n) is 3.15. The summed E-state index contributed by atoms with van der Waals surface area (Å²) in [6, 6.07) is 0. The van der Waals surface area contributed by atoms with Crippen molar-refractivity contribution in [1.29, 1.82) is 0 Å². The summed E-state index contributed by atoms with van der Waals surface area (Å²) < 4.78 is 0.225. The van der Waals surface area contributed by atoms with Crippen LogP contribution in [0.4, 0.5) is 0 Å². The Kier molecular flexibility index (Phi) is 5.61. The van der Waals surface area contributed by atoms with Crippen LogP contribution in [0.15, 0.2) is 5.51 Å². The quantitative estimate of drug-likeness (QED) is 0.733. The molecule has 6 heteroatoms. The minimum absolute atomic E-state index is 0.0679. The summed E-state index contributed by atoms with van der Waals surface area (Å²) in [5.74, 6) is -1.08. The second kappa shape index (κ2) is 5.93. The Morgan fingerprint density at radius 1 is 1.92 bits per heavy atom. The van der Waals surface area contributed by atoms with Crippen molar-refractivity contribution >= 4 is 28.9 Å². The Labute approximate surface area is 79.0 Å². The maximum absolute atomic E-state index is 10.1. The summed E-state index contributed by atoms with van der Waals surface area (Å²) in [5.41, 5.74) is 6.17. The molecule has 0 saturated heterocycles. The van der Waals surface area contributed by atoms with E-state index in [9.17, 15) is 4.79 Å². The van der Waals surface area contributed by atoms with Gasteiger partial charge in [0.25, 0.3) is 0 Å². The van der Waals surface area contributed by atoms with Gasteiger partial charge in [0.15, 0.2) is 5.69 Å². The standard InChI is InChI=1S/C4H2ClNO2S.C2H7N/c5-3-2(4(7)8)6-1-9-3;1-2-3/h1H,(H,7,8);2-3H2,1H3. The van der Waals surface area contributed by atoms with Crippen molar-refractivity contribution in [3.8, 4) is 0 Å². The molecule has 0 radical (unpaired) electrons. The van der Waals surface area contributed by atoms with Gasteiger partial charge in [0.2, 0.25) is 0 Å². The summed E-state index contributed by atoms with van der Waals surface area (Å²) in [7, 11) is 0. The van der Waals surface area contributed by atoms with E-state index < -0.39 is 5.97 Å². The molecule has 68 valence electrons. The first-order valence-corrected chi connectivity index (χ1v) is 4.41. The lowest BCUT2D eigenvalue weighted by Crippen LogP contribution is -1.95. The Hall–Kier alpha value is -0.650. The van der Waals surface area contributed by atoms with Gasteiger partial charge in [0.05, 0.1) is 5.51 Å². The van der Waals surface area contributed by atoms with E-state index in [1.807, 2.05) is 6.92 Å². The van der Waals surface area contributed by atoms with Crippen LogP contribution >= 0.6 is 22.9 Å². The highest BCUT2D eigenvalue weighted by Gasteiger charge is 2.09. The molecule has 0 aromatic carbocycles. The summed E-state index contributed by atoms with van der Waals surface area (Å²) in [6.45, 7) is 2.65. The number of nitrogens with two attached hydrogens (primary N) is 1. The zero-order chi connectivity index (χ0) is 9.56. The van der Waals surface area contributed by atoms with Crippen LogP contribution in [-0.2, 0) is 0 Å². The first-order chi connectivity index (χ1) is 5.63. The van der Waals surface area contributed by atoms with Crippen LogP contribution in [-0.4, -0.2) is 22.6 Å². The van der Waals surface area contributed by atoms with Crippen molar-refractivity contribution < 1.29 is 9.90 Å². The zero-order valence-corrected chi connectivity index (χ0v) is 8.02. The molecule has 1 rings (SSSR count). The molecule has 0 saturated carbocycles. The summed E-state index contributed by atoms with van der Waals surface area (Å²) in [4.78, 5) is 13.6. The number of hydrogen-bond donors (Lipinski definition) is 2. The number of rotatable bonds is 1. The lowest BCUT2D eigenvalue weighted by molar-refractivity contribution is 0.0691. The van der Waals surface area contributed by atoms with Gasteiger partial charge in [-0.1, -0.05) is 18.5 Å². The number of aromatic nitrogens is 1. The number of nitrogens with zero attached hydrogens (tertiary/aromatic N) is 1. The van der Waals surface area contributed by atoms with Crippen LogP contribution in [0, 0.1) is 0 Å². The maximum Gasteiger partial charge on any atom is 0.356 e. The second-order valence-electron chi connectivity index (χ2n) is 1.69. The maximum atomic E-state index is 10.1. The third-order valence-corrected chi connectivity index (χ3v) is 1.78. The van der Waals surface area contributed by atoms with Crippen LogP contribution in [0.5, 0.6) is 0 Å². The van der Waals surface area contributed by atoms with Crippen molar-refractivity contribution in [3.05, 3.63) is 15.5 Å². The number of carboxylic acid groups (broad SMARTS) is 1. The van der Waals surface area contributed by atoms with Gasteiger partial charge in [-0.2, -0.15) is 0 Å². The number of halogens is 1. The third kappa shape index (κ3) is 3.66. The molecular formula is C6H9ClN2O2S. The average Bonchev–Trinajstić information content (AvgIpc) is 2.36. The molecule has 0 bridgehead atoms. The highest BCUT2D eigenvalue weighted by Crippen LogP contribution is 2.18. The van der Waals surface area contributed by atoms with E-state index in [2.05, 4.69) is 4.98 Å². The predicted octanol–water partition coefficient (Wildman–Crippen LogP) is 1.46. The molecule has 4 nitrogen and oxygen atoms in total. The molecule has 1 heterocycles. The van der Waals surface area contributed by atoms with E-state index in [0.717, 1.165) is 17.9 Å². The number of aromatic carboxylic acids is 1. The fraction of sp³-hybridized carbons (Fsp3) is 0.333. The van der Waals surface area contributed by atoms with Crippen molar-refractivity contribution in [2.24, 2.45) is 5.73 Å². The van der Waals surface area contributed by atoms with Crippen LogP contribution in [0.2, 0.25) is 4.34 Å². The minimum atomic E-state index is -1.08. The highest BCUT2D eigenvalue weighted by atomic mass is 35.5. The normalized spacial score (nSPS) is 8.58. The van der Waals surface area contributed by atoms with Crippen LogP contribution < -0.4 is 5.73 Å². The molecule has 1 aromatic heterocycles. The molecule has 0 amide bonds. The van der Waals surface area contributed by atoms with E-state index in [-0.39, 0.29) is 10.0 Å². The highest BCUT2D eigenvalue weighted by molar-refractivity contribution is 7.14. The largest absolute Gasteiger partial charge is 0.476 e. The number of carbonyl (C=O) groups is 1. The fourth-order valence-electron chi connectivity index (χ4n) is 0.371. The molecule has 0 aliphatic rings. The molecule has 0 unspecified atom stereocenters. The van der Waals surface area contributed by atoms with E-state index in [1.165, 1.54) is 5.51 Å². The molecule has 0 aliphatic carbocycles. The summed E-state index contributed by atoms with van der Waals surface area (Å²) in [5, 5.41) is 8.31. The number of carboxylic acids is 1. The lowest BCUT2D eigenvalue weighted by Gasteiger charge is -1.82. The summed E-state index contributed by atoms with van der Waals surface area (Å²) >= 11 is 6.52. The zero-order valence-electron chi connectivity index (χ0n) is 6.45. The van der Waals surface area contributed by atoms with Gasteiger partial charge in [-0.15, -0.1) is 11.3 Å². The van der Waals surface area contributed by atoms with E-state index in [4.69, 9.17) is 22.4 Å². The van der Waals surface area contributed by atoms with Crippen LogP contribution in [0.1, 0.15) is 17.4 Å². The smallest absolute Gasteiger partial charge is 0.356 e. The number of hydrogen-bond acceptors (Lipinski definition) is 4. The molecule has 12 heavy (non-hydrogen) atoms. The molecule has 0 fully saturated rings. The lowest BCUT2D eigenvalue weighted by atomic mass is 10.5. The second-order valence-corrected chi connectivity index (χ2v) is 3.14. The van der Waals surface area contributed by atoms with Crippen LogP contribution in [0.25, 0.3) is 0 Å². The van der Waals surface area contributed by atoms with Gasteiger partial charge in [-0.25, -0.2) is 9.78 Å². The minimum Gasteiger partial charge on any atom is -0.476 e. The van der Waals surface area contributed by atoms with E-state index in [0.29, 0.717) is 0 Å². The monoisotopic (exact) mass is 208 g/mol. The summed E-state index contributed by atoms with van der Waals surface area (Å²) in [6.07, 6.45) is 0. The van der Waals surface area contributed by atoms with E-state index in [1.54, 1.807) is 0 Å². The Bertz CT molecular complexity index is 251. The molecule has 0 aliphatic heterocycles. The Morgan fingerprint density at radius 2 is 2.42 bits per heavy atom. The Morgan fingerprint density at radius 3 is 2.58 bits per heavy atom. The molecular weight excluding hydrogens is 200 g/mol. The average molecular weight is 209 g/mol. The van der Waals surface area contributed by atoms with Gasteiger partial charge >= 0.3 is 5.97 Å². The third-order valence-electron chi connectivity index (χ3n) is 0.727. The van der Waals surface area contributed by atoms with Gasteiger partial charge in [-0.3, -0.25) is 0 Å². The SMILES string of the molecule is CCN.O=C(O)c1ncsc1Cl. The molecule has 3 N–H and O–H groups in total.